The van der Waals surface area contributed by atoms with Crippen LogP contribution in [0.15, 0.2) is 0 Å². The second-order valence-corrected chi connectivity index (χ2v) is 2.95. The Hall–Kier alpha value is -0.870. The maximum atomic E-state index is 10.8. The van der Waals surface area contributed by atoms with Gasteiger partial charge >= 0.3 is 6.01 Å². The number of hydrogen-bond donors (Lipinski definition) is 0. The van der Waals surface area contributed by atoms with Crippen LogP contribution in [-0.4, -0.2) is 22.3 Å². The van der Waals surface area contributed by atoms with Gasteiger partial charge in [0.15, 0.2) is 0 Å². The van der Waals surface area contributed by atoms with Gasteiger partial charge in [-0.2, -0.15) is 9.97 Å². The van der Waals surface area contributed by atoms with Gasteiger partial charge in [-0.25, -0.2) is 0 Å². The summed E-state index contributed by atoms with van der Waals surface area (Å²) in [6, 6.07) is 0.0274. The molecule has 0 aliphatic heterocycles. The van der Waals surface area contributed by atoms with Gasteiger partial charge in [0.25, 0.3) is 5.24 Å². The van der Waals surface area contributed by atoms with Crippen molar-refractivity contribution >= 4 is 28.4 Å². The molecule has 1 rings (SSSR count). The van der Waals surface area contributed by atoms with Crippen molar-refractivity contribution in [2.24, 2.45) is 0 Å². The molecule has 1 aromatic heterocycles. The molecule has 0 fully saturated rings. The van der Waals surface area contributed by atoms with Crippen LogP contribution in [0, 0.1) is 6.92 Å². The van der Waals surface area contributed by atoms with Crippen LogP contribution in [0.2, 0.25) is 5.15 Å². The second-order valence-electron chi connectivity index (χ2n) is 2.25. The largest absolute Gasteiger partial charge is 0.467 e. The first-order valence-corrected chi connectivity index (χ1v) is 4.09. The standard InChI is InChI=1S/C7H6Cl2N2O2/c1-3-4(6(9)12)10-7(13-2)11-5(3)8/h1-2H3. The maximum Gasteiger partial charge on any atom is 0.318 e. The Morgan fingerprint density at radius 3 is 2.54 bits per heavy atom. The van der Waals surface area contributed by atoms with E-state index < -0.39 is 5.24 Å². The van der Waals surface area contributed by atoms with E-state index in [-0.39, 0.29) is 16.9 Å². The van der Waals surface area contributed by atoms with E-state index in [1.54, 1.807) is 6.92 Å². The van der Waals surface area contributed by atoms with Crippen molar-refractivity contribution in [1.29, 1.82) is 0 Å². The Labute approximate surface area is 84.8 Å². The van der Waals surface area contributed by atoms with Crippen LogP contribution in [0.4, 0.5) is 0 Å². The van der Waals surface area contributed by atoms with Crippen molar-refractivity contribution in [3.63, 3.8) is 0 Å². The van der Waals surface area contributed by atoms with Crippen molar-refractivity contribution in [3.05, 3.63) is 16.4 Å². The van der Waals surface area contributed by atoms with Crippen molar-refractivity contribution in [2.75, 3.05) is 7.11 Å². The molecule has 70 valence electrons. The van der Waals surface area contributed by atoms with Gasteiger partial charge in [0.2, 0.25) is 0 Å². The van der Waals surface area contributed by atoms with E-state index in [0.717, 1.165) is 0 Å². The minimum atomic E-state index is -0.680. The molecule has 0 unspecified atom stereocenters. The molecule has 13 heavy (non-hydrogen) atoms. The summed E-state index contributed by atoms with van der Waals surface area (Å²) in [4.78, 5) is 18.4. The average Bonchev–Trinajstić information content (AvgIpc) is 2.09. The third-order valence-electron chi connectivity index (χ3n) is 1.43. The summed E-state index contributed by atoms with van der Waals surface area (Å²) >= 11 is 11.0. The Kier molecular flexibility index (Phi) is 3.06. The van der Waals surface area contributed by atoms with Gasteiger partial charge in [0, 0.05) is 5.56 Å². The van der Waals surface area contributed by atoms with Crippen LogP contribution in [-0.2, 0) is 0 Å². The Bertz CT molecular complexity index is 355. The molecule has 0 saturated carbocycles. The highest BCUT2D eigenvalue weighted by molar-refractivity contribution is 6.67. The highest BCUT2D eigenvalue weighted by atomic mass is 35.5. The van der Waals surface area contributed by atoms with Crippen LogP contribution < -0.4 is 4.74 Å². The van der Waals surface area contributed by atoms with Crippen LogP contribution in [0.1, 0.15) is 16.1 Å². The molecule has 6 heteroatoms. The minimum Gasteiger partial charge on any atom is -0.467 e. The summed E-state index contributed by atoms with van der Waals surface area (Å²) in [6.07, 6.45) is 0. The number of hydrogen-bond acceptors (Lipinski definition) is 4. The minimum absolute atomic E-state index is 0.0274. The molecule has 0 N–H and O–H groups in total. The van der Waals surface area contributed by atoms with Gasteiger partial charge in [-0.15, -0.1) is 0 Å². The van der Waals surface area contributed by atoms with Gasteiger partial charge in [0.05, 0.1) is 7.11 Å². The van der Waals surface area contributed by atoms with E-state index >= 15 is 0 Å². The molecular formula is C7H6Cl2N2O2. The smallest absolute Gasteiger partial charge is 0.318 e. The van der Waals surface area contributed by atoms with Crippen LogP contribution >= 0.6 is 23.2 Å². The summed E-state index contributed by atoms with van der Waals surface area (Å²) in [5.41, 5.74) is 0.515. The lowest BCUT2D eigenvalue weighted by Gasteiger charge is -2.03. The fourth-order valence-electron chi connectivity index (χ4n) is 0.753. The fourth-order valence-corrected chi connectivity index (χ4v) is 1.10. The topological polar surface area (TPSA) is 52.1 Å². The van der Waals surface area contributed by atoms with Crippen LogP contribution in [0.5, 0.6) is 6.01 Å². The maximum absolute atomic E-state index is 10.8. The van der Waals surface area contributed by atoms with Gasteiger partial charge in [0.1, 0.15) is 10.8 Å². The van der Waals surface area contributed by atoms with Crippen molar-refractivity contribution in [2.45, 2.75) is 6.92 Å². The second kappa shape index (κ2) is 3.89. The molecule has 1 heterocycles. The first-order chi connectivity index (χ1) is 6.06. The Balaban J connectivity index is 3.33. The molecule has 0 bridgehead atoms. The van der Waals surface area contributed by atoms with Gasteiger partial charge in [-0.3, -0.25) is 4.79 Å². The molecule has 0 saturated heterocycles. The summed E-state index contributed by atoms with van der Waals surface area (Å²) in [6.45, 7) is 1.61. The third-order valence-corrected chi connectivity index (χ3v) is 1.98. The first kappa shape index (κ1) is 10.2. The monoisotopic (exact) mass is 220 g/mol. The predicted molar refractivity (Wildman–Crippen MR) is 48.5 cm³/mol. The van der Waals surface area contributed by atoms with E-state index in [1.165, 1.54) is 7.11 Å². The first-order valence-electron chi connectivity index (χ1n) is 3.34. The summed E-state index contributed by atoms with van der Waals surface area (Å²) < 4.78 is 4.72. The highest BCUT2D eigenvalue weighted by Crippen LogP contribution is 2.19. The molecule has 0 aromatic carbocycles. The van der Waals surface area contributed by atoms with Gasteiger partial charge < -0.3 is 4.74 Å². The van der Waals surface area contributed by atoms with Gasteiger partial charge in [-0.05, 0) is 18.5 Å². The van der Waals surface area contributed by atoms with E-state index in [9.17, 15) is 4.79 Å². The van der Waals surface area contributed by atoms with E-state index in [2.05, 4.69) is 9.97 Å². The number of carbonyl (C=O) groups is 1. The van der Waals surface area contributed by atoms with Crippen LogP contribution in [0.3, 0.4) is 0 Å². The van der Waals surface area contributed by atoms with Crippen molar-refractivity contribution in [1.82, 2.24) is 9.97 Å². The number of nitrogens with zero attached hydrogens (tertiary/aromatic N) is 2. The Morgan fingerprint density at radius 1 is 1.46 bits per heavy atom. The molecule has 0 aliphatic carbocycles. The molecule has 0 aliphatic rings. The lowest BCUT2D eigenvalue weighted by atomic mass is 10.3. The number of methoxy groups -OCH3 is 1. The quantitative estimate of drug-likeness (QED) is 0.564. The highest BCUT2D eigenvalue weighted by Gasteiger charge is 2.14. The number of aromatic nitrogens is 2. The SMILES string of the molecule is COc1nc(Cl)c(C)c(C(=O)Cl)n1. The molecule has 0 radical (unpaired) electrons. The lowest BCUT2D eigenvalue weighted by Crippen LogP contribution is -2.03. The molecule has 0 atom stereocenters. The summed E-state index contributed by atoms with van der Waals surface area (Å²) in [5, 5.41) is -0.518. The number of ether oxygens (including phenoxy) is 1. The molecule has 0 amide bonds. The zero-order valence-corrected chi connectivity index (χ0v) is 8.48. The molecule has 4 nitrogen and oxygen atoms in total. The molecule has 1 aromatic rings. The summed E-state index contributed by atoms with van der Waals surface area (Å²) in [7, 11) is 1.38. The molecule has 0 spiro atoms. The fraction of sp³-hybridized carbons (Fsp3) is 0.286. The van der Waals surface area contributed by atoms with Crippen LogP contribution in [0.25, 0.3) is 0 Å². The number of halogens is 2. The van der Waals surface area contributed by atoms with Gasteiger partial charge in [-0.1, -0.05) is 11.6 Å². The number of rotatable bonds is 2. The number of carbonyl (C=O) groups excluding carboxylic acids is 1. The normalized spacial score (nSPS) is 9.85. The van der Waals surface area contributed by atoms with Crippen molar-refractivity contribution in [3.8, 4) is 6.01 Å². The lowest BCUT2D eigenvalue weighted by molar-refractivity contribution is 0.107. The summed E-state index contributed by atoms with van der Waals surface area (Å²) in [5.74, 6) is 0. The van der Waals surface area contributed by atoms with E-state index in [0.29, 0.717) is 5.56 Å². The Morgan fingerprint density at radius 2 is 2.08 bits per heavy atom. The van der Waals surface area contributed by atoms with Crippen molar-refractivity contribution < 1.29 is 9.53 Å². The third kappa shape index (κ3) is 2.08. The average molecular weight is 221 g/mol. The van der Waals surface area contributed by atoms with E-state index in [4.69, 9.17) is 27.9 Å². The zero-order chi connectivity index (χ0) is 10.0. The molecular weight excluding hydrogens is 215 g/mol. The zero-order valence-electron chi connectivity index (χ0n) is 6.97. The van der Waals surface area contributed by atoms with E-state index in [1.807, 2.05) is 0 Å². The predicted octanol–water partition coefficient (Wildman–Crippen LogP) is 1.83.